The number of likely N-dealkylation sites (N-methyl/N-ethyl adjacent to an activating group) is 1. The Morgan fingerprint density at radius 2 is 2.12 bits per heavy atom. The molecule has 2 heterocycles. The summed E-state index contributed by atoms with van der Waals surface area (Å²) < 4.78 is 0.904. The van der Waals surface area contributed by atoms with Crippen LogP contribution in [0.4, 0.5) is 0 Å². The molecule has 0 radical (unpaired) electrons. The molecule has 126 valence electrons. The highest BCUT2D eigenvalue weighted by atomic mass is 79.9. The minimum absolute atomic E-state index is 0.0205. The smallest absolute Gasteiger partial charge is 0.264 e. The van der Waals surface area contributed by atoms with Crippen molar-refractivity contribution in [3.8, 4) is 0 Å². The number of rotatable bonds is 6. The molecule has 0 bridgehead atoms. The fraction of sp³-hybridized carbons (Fsp3) is 0.353. The van der Waals surface area contributed by atoms with Gasteiger partial charge in [0.1, 0.15) is 0 Å². The maximum Gasteiger partial charge on any atom is 0.264 e. The maximum atomic E-state index is 12.7. The Morgan fingerprint density at radius 1 is 1.33 bits per heavy atom. The van der Waals surface area contributed by atoms with Crippen LogP contribution in [0.3, 0.4) is 0 Å². The van der Waals surface area contributed by atoms with Crippen molar-refractivity contribution in [1.29, 1.82) is 0 Å². The van der Waals surface area contributed by atoms with E-state index >= 15 is 0 Å². The van der Waals surface area contributed by atoms with Gasteiger partial charge in [-0.3, -0.25) is 14.6 Å². The third-order valence-electron chi connectivity index (χ3n) is 3.89. The van der Waals surface area contributed by atoms with E-state index in [1.165, 1.54) is 16.2 Å². The molecule has 1 fully saturated rings. The van der Waals surface area contributed by atoms with Gasteiger partial charge in [-0.25, -0.2) is 0 Å². The van der Waals surface area contributed by atoms with Crippen LogP contribution in [-0.4, -0.2) is 46.2 Å². The molecule has 7 heteroatoms. The lowest BCUT2D eigenvalue weighted by Crippen LogP contribution is -2.41. The van der Waals surface area contributed by atoms with E-state index in [9.17, 15) is 9.59 Å². The molecule has 24 heavy (non-hydrogen) atoms. The monoisotopic (exact) mass is 407 g/mol. The Morgan fingerprint density at radius 3 is 2.71 bits per heavy atom. The summed E-state index contributed by atoms with van der Waals surface area (Å²) in [6.45, 7) is 0.634. The lowest BCUT2D eigenvalue weighted by molar-refractivity contribution is -0.132. The zero-order valence-electron chi connectivity index (χ0n) is 13.3. The Balaban J connectivity index is 1.64. The molecule has 5 nitrogen and oxygen atoms in total. The van der Waals surface area contributed by atoms with E-state index in [0.29, 0.717) is 11.4 Å². The summed E-state index contributed by atoms with van der Waals surface area (Å²) >= 11 is 4.73. The zero-order chi connectivity index (χ0) is 17.1. The first kappa shape index (κ1) is 17.1. The Labute approximate surface area is 153 Å². The quantitative estimate of drug-likeness (QED) is 0.738. The standard InChI is InChI=1S/C17H18BrN3O2S/c1-20(17(23)14-6-7-15(18)24-14)11-16(22)21(13-4-5-13)10-12-3-2-8-19-9-12/h2-3,6-9,13H,4-5,10-11H2,1H3. The first-order valence-corrected chi connectivity index (χ1v) is 9.34. The van der Waals surface area contributed by atoms with E-state index in [-0.39, 0.29) is 24.4 Å². The second-order valence-corrected chi connectivity index (χ2v) is 8.34. The van der Waals surface area contributed by atoms with Gasteiger partial charge < -0.3 is 9.80 Å². The van der Waals surface area contributed by atoms with Gasteiger partial charge in [-0.05, 0) is 52.5 Å². The normalized spacial score (nSPS) is 13.6. The van der Waals surface area contributed by atoms with E-state index in [1.54, 1.807) is 25.5 Å². The molecule has 0 aliphatic heterocycles. The molecule has 0 saturated heterocycles. The van der Waals surface area contributed by atoms with Crippen LogP contribution in [0.1, 0.15) is 28.1 Å². The second kappa shape index (κ2) is 7.44. The van der Waals surface area contributed by atoms with Crippen molar-refractivity contribution in [3.63, 3.8) is 0 Å². The molecule has 3 rings (SSSR count). The van der Waals surface area contributed by atoms with Gasteiger partial charge in [-0.1, -0.05) is 6.07 Å². The number of aromatic nitrogens is 1. The van der Waals surface area contributed by atoms with Gasteiger partial charge in [-0.15, -0.1) is 11.3 Å². The second-order valence-electron chi connectivity index (χ2n) is 5.88. The van der Waals surface area contributed by atoms with Crippen molar-refractivity contribution in [1.82, 2.24) is 14.8 Å². The number of amides is 2. The average molecular weight is 408 g/mol. The highest BCUT2D eigenvalue weighted by Crippen LogP contribution is 2.29. The average Bonchev–Trinajstić information content (AvgIpc) is 3.33. The Bertz CT molecular complexity index is 730. The van der Waals surface area contributed by atoms with E-state index in [4.69, 9.17) is 0 Å². The van der Waals surface area contributed by atoms with Crippen molar-refractivity contribution < 1.29 is 9.59 Å². The Kier molecular flexibility index (Phi) is 5.30. The van der Waals surface area contributed by atoms with E-state index in [0.717, 1.165) is 22.2 Å². The summed E-state index contributed by atoms with van der Waals surface area (Å²) in [6.07, 6.45) is 5.56. The number of carbonyl (C=O) groups is 2. The minimum Gasteiger partial charge on any atom is -0.334 e. The summed E-state index contributed by atoms with van der Waals surface area (Å²) in [5.74, 6) is -0.149. The predicted molar refractivity (Wildman–Crippen MR) is 96.8 cm³/mol. The van der Waals surface area contributed by atoms with Crippen molar-refractivity contribution in [2.45, 2.75) is 25.4 Å². The third kappa shape index (κ3) is 4.21. The fourth-order valence-electron chi connectivity index (χ4n) is 2.48. The first-order valence-electron chi connectivity index (χ1n) is 7.74. The highest BCUT2D eigenvalue weighted by molar-refractivity contribution is 9.11. The van der Waals surface area contributed by atoms with Crippen molar-refractivity contribution in [3.05, 3.63) is 50.9 Å². The number of halogens is 1. The van der Waals surface area contributed by atoms with E-state index in [2.05, 4.69) is 20.9 Å². The summed E-state index contributed by atoms with van der Waals surface area (Å²) in [4.78, 5) is 33.2. The van der Waals surface area contributed by atoms with Crippen LogP contribution in [0.15, 0.2) is 40.4 Å². The van der Waals surface area contributed by atoms with E-state index < -0.39 is 0 Å². The minimum atomic E-state index is -0.129. The topological polar surface area (TPSA) is 53.5 Å². The third-order valence-corrected chi connectivity index (χ3v) is 5.50. The molecule has 2 aromatic heterocycles. The molecule has 0 aromatic carbocycles. The predicted octanol–water partition coefficient (Wildman–Crippen LogP) is 3.17. The molecule has 1 saturated carbocycles. The van der Waals surface area contributed by atoms with Gasteiger partial charge in [0.25, 0.3) is 5.91 Å². The molecule has 0 unspecified atom stereocenters. The van der Waals surface area contributed by atoms with Crippen molar-refractivity contribution in [2.75, 3.05) is 13.6 Å². The van der Waals surface area contributed by atoms with Crippen LogP contribution >= 0.6 is 27.3 Å². The van der Waals surface area contributed by atoms with Crippen LogP contribution in [-0.2, 0) is 11.3 Å². The Hall–Kier alpha value is -1.73. The SMILES string of the molecule is CN(CC(=O)N(Cc1cccnc1)C1CC1)C(=O)c1ccc(Br)s1. The molecule has 2 aromatic rings. The molecule has 0 atom stereocenters. The molecule has 2 amide bonds. The highest BCUT2D eigenvalue weighted by Gasteiger charge is 2.33. The van der Waals surface area contributed by atoms with Gasteiger partial charge in [-0.2, -0.15) is 0 Å². The molecular weight excluding hydrogens is 390 g/mol. The van der Waals surface area contributed by atoms with Crippen LogP contribution < -0.4 is 0 Å². The number of hydrogen-bond acceptors (Lipinski definition) is 4. The number of nitrogens with zero attached hydrogens (tertiary/aromatic N) is 3. The van der Waals surface area contributed by atoms with Crippen LogP contribution in [0.5, 0.6) is 0 Å². The van der Waals surface area contributed by atoms with Gasteiger partial charge in [0.2, 0.25) is 5.91 Å². The van der Waals surface area contributed by atoms with Gasteiger partial charge in [0.05, 0.1) is 15.2 Å². The number of thiophene rings is 1. The number of carbonyl (C=O) groups excluding carboxylic acids is 2. The lowest BCUT2D eigenvalue weighted by Gasteiger charge is -2.25. The van der Waals surface area contributed by atoms with Gasteiger partial charge >= 0.3 is 0 Å². The molecule has 1 aliphatic rings. The maximum absolute atomic E-state index is 12.7. The van der Waals surface area contributed by atoms with Gasteiger partial charge in [0.15, 0.2) is 0 Å². The fourth-order valence-corrected chi connectivity index (χ4v) is 3.86. The molecule has 0 spiro atoms. The lowest BCUT2D eigenvalue weighted by atomic mass is 10.2. The first-order chi connectivity index (χ1) is 11.5. The number of pyridine rings is 1. The van der Waals surface area contributed by atoms with Crippen LogP contribution in [0.2, 0.25) is 0 Å². The van der Waals surface area contributed by atoms with Crippen LogP contribution in [0.25, 0.3) is 0 Å². The van der Waals surface area contributed by atoms with Crippen LogP contribution in [0, 0.1) is 0 Å². The van der Waals surface area contributed by atoms with Gasteiger partial charge in [0, 0.05) is 32.0 Å². The van der Waals surface area contributed by atoms with E-state index in [1.807, 2.05) is 23.1 Å². The van der Waals surface area contributed by atoms with Crippen molar-refractivity contribution in [2.24, 2.45) is 0 Å². The summed E-state index contributed by atoms with van der Waals surface area (Å²) in [7, 11) is 1.67. The number of hydrogen-bond donors (Lipinski definition) is 0. The zero-order valence-corrected chi connectivity index (χ0v) is 15.7. The largest absolute Gasteiger partial charge is 0.334 e. The summed E-state index contributed by atoms with van der Waals surface area (Å²) in [6, 6.07) is 7.74. The summed E-state index contributed by atoms with van der Waals surface area (Å²) in [5.41, 5.74) is 1.01. The van der Waals surface area contributed by atoms with Crippen molar-refractivity contribution >= 4 is 39.1 Å². The molecule has 0 N–H and O–H groups in total. The molecular formula is C17H18BrN3O2S. The summed E-state index contributed by atoms with van der Waals surface area (Å²) in [5, 5.41) is 0. The molecule has 1 aliphatic carbocycles.